The molecule has 2 aromatic carbocycles. The minimum atomic E-state index is -0.614. The van der Waals surface area contributed by atoms with Crippen LogP contribution in [-0.4, -0.2) is 0 Å². The van der Waals surface area contributed by atoms with Crippen molar-refractivity contribution < 1.29 is 8.78 Å². The summed E-state index contributed by atoms with van der Waals surface area (Å²) >= 11 is 0. The van der Waals surface area contributed by atoms with Crippen LogP contribution >= 0.6 is 0 Å². The van der Waals surface area contributed by atoms with E-state index in [1.807, 2.05) is 30.3 Å². The Kier molecular flexibility index (Phi) is 2.97. The van der Waals surface area contributed by atoms with E-state index in [9.17, 15) is 8.78 Å². The highest BCUT2D eigenvalue weighted by Gasteiger charge is 2.13. The van der Waals surface area contributed by atoms with Gasteiger partial charge in [-0.15, -0.1) is 0 Å². The third kappa shape index (κ3) is 2.09. The highest BCUT2D eigenvalue weighted by Crippen LogP contribution is 2.22. The Hall–Kier alpha value is -1.74. The molecule has 0 saturated carbocycles. The van der Waals surface area contributed by atoms with Crippen LogP contribution in [0.15, 0.2) is 48.5 Å². The second-order valence-corrected chi connectivity index (χ2v) is 3.55. The first kappa shape index (κ1) is 10.8. The lowest BCUT2D eigenvalue weighted by atomic mass is 9.99. The third-order valence-electron chi connectivity index (χ3n) is 2.46. The van der Waals surface area contributed by atoms with Gasteiger partial charge in [-0.2, -0.15) is 0 Å². The zero-order valence-corrected chi connectivity index (χ0v) is 8.53. The van der Waals surface area contributed by atoms with E-state index in [1.54, 1.807) is 0 Å². The number of hydrogen-bond acceptors (Lipinski definition) is 1. The molecule has 0 bridgehead atoms. The summed E-state index contributed by atoms with van der Waals surface area (Å²) in [5, 5.41) is 0. The molecule has 0 heterocycles. The second kappa shape index (κ2) is 4.41. The van der Waals surface area contributed by atoms with Crippen molar-refractivity contribution >= 4 is 0 Å². The summed E-state index contributed by atoms with van der Waals surface area (Å²) < 4.78 is 26.2. The summed E-state index contributed by atoms with van der Waals surface area (Å²) in [4.78, 5) is 0. The molecular formula is C13H11F2N. The van der Waals surface area contributed by atoms with Gasteiger partial charge in [-0.25, -0.2) is 8.78 Å². The first-order valence-corrected chi connectivity index (χ1v) is 4.94. The van der Waals surface area contributed by atoms with Gasteiger partial charge in [0.2, 0.25) is 0 Å². The molecule has 0 fully saturated rings. The average molecular weight is 219 g/mol. The van der Waals surface area contributed by atoms with E-state index >= 15 is 0 Å². The zero-order valence-electron chi connectivity index (χ0n) is 8.53. The van der Waals surface area contributed by atoms with Crippen molar-refractivity contribution in [1.29, 1.82) is 0 Å². The van der Waals surface area contributed by atoms with Crippen LogP contribution in [0.25, 0.3) is 0 Å². The lowest BCUT2D eigenvalue weighted by molar-refractivity contribution is 0.566. The van der Waals surface area contributed by atoms with Gasteiger partial charge in [-0.3, -0.25) is 0 Å². The quantitative estimate of drug-likeness (QED) is 0.825. The number of nitrogens with two attached hydrogens (primary N) is 1. The molecule has 3 heteroatoms. The fourth-order valence-corrected chi connectivity index (χ4v) is 1.59. The normalized spacial score (nSPS) is 12.4. The summed E-state index contributed by atoms with van der Waals surface area (Å²) in [6.45, 7) is 0. The molecule has 0 spiro atoms. The minimum absolute atomic E-state index is 0.299. The van der Waals surface area contributed by atoms with E-state index in [1.165, 1.54) is 12.1 Å². The van der Waals surface area contributed by atoms with Gasteiger partial charge in [0.05, 0.1) is 6.04 Å². The van der Waals surface area contributed by atoms with Crippen LogP contribution in [-0.2, 0) is 0 Å². The van der Waals surface area contributed by atoms with E-state index in [-0.39, 0.29) is 0 Å². The minimum Gasteiger partial charge on any atom is -0.320 e. The van der Waals surface area contributed by atoms with Crippen LogP contribution in [0, 0.1) is 11.6 Å². The lowest BCUT2D eigenvalue weighted by Crippen LogP contribution is -2.13. The van der Waals surface area contributed by atoms with Crippen molar-refractivity contribution in [3.8, 4) is 0 Å². The average Bonchev–Trinajstić information content (AvgIpc) is 2.29. The molecule has 1 atom stereocenters. The SMILES string of the molecule is NC(c1ccccc1)c1ccc(F)cc1F. The third-order valence-corrected chi connectivity index (χ3v) is 2.46. The van der Waals surface area contributed by atoms with Crippen molar-refractivity contribution in [3.05, 3.63) is 71.3 Å². The molecule has 1 nitrogen and oxygen atoms in total. The molecule has 2 aromatic rings. The molecule has 1 unspecified atom stereocenters. The Labute approximate surface area is 92.5 Å². The molecule has 2 N–H and O–H groups in total. The van der Waals surface area contributed by atoms with Crippen LogP contribution in [0.3, 0.4) is 0 Å². The fraction of sp³-hybridized carbons (Fsp3) is 0.0769. The fourth-order valence-electron chi connectivity index (χ4n) is 1.59. The van der Waals surface area contributed by atoms with E-state index < -0.39 is 17.7 Å². The molecule has 0 aliphatic carbocycles. The van der Waals surface area contributed by atoms with Crippen molar-refractivity contribution in [2.75, 3.05) is 0 Å². The van der Waals surface area contributed by atoms with Crippen LogP contribution in [0.2, 0.25) is 0 Å². The van der Waals surface area contributed by atoms with Gasteiger partial charge < -0.3 is 5.73 Å². The highest BCUT2D eigenvalue weighted by atomic mass is 19.1. The Bertz CT molecular complexity index is 483. The van der Waals surface area contributed by atoms with Gasteiger partial charge in [-0.1, -0.05) is 36.4 Å². The number of rotatable bonds is 2. The molecule has 16 heavy (non-hydrogen) atoms. The van der Waals surface area contributed by atoms with Crippen molar-refractivity contribution in [2.24, 2.45) is 5.73 Å². The van der Waals surface area contributed by atoms with Gasteiger partial charge in [-0.05, 0) is 11.6 Å². The molecule has 0 aliphatic heterocycles. The number of hydrogen-bond donors (Lipinski definition) is 1. The van der Waals surface area contributed by atoms with Gasteiger partial charge in [0.1, 0.15) is 11.6 Å². The van der Waals surface area contributed by atoms with Crippen LogP contribution in [0.5, 0.6) is 0 Å². The molecule has 0 radical (unpaired) electrons. The smallest absolute Gasteiger partial charge is 0.131 e. The molecule has 0 amide bonds. The largest absolute Gasteiger partial charge is 0.320 e. The molecule has 82 valence electrons. The van der Waals surface area contributed by atoms with E-state index in [2.05, 4.69) is 0 Å². The molecule has 2 rings (SSSR count). The maximum atomic E-state index is 13.5. The molecule has 0 saturated heterocycles. The molecule has 0 aromatic heterocycles. The Morgan fingerprint density at radius 1 is 0.938 bits per heavy atom. The van der Waals surface area contributed by atoms with Gasteiger partial charge >= 0.3 is 0 Å². The highest BCUT2D eigenvalue weighted by molar-refractivity contribution is 5.32. The first-order valence-electron chi connectivity index (χ1n) is 4.94. The second-order valence-electron chi connectivity index (χ2n) is 3.55. The number of benzene rings is 2. The molecular weight excluding hydrogens is 208 g/mol. The van der Waals surface area contributed by atoms with E-state index in [4.69, 9.17) is 5.73 Å². The maximum absolute atomic E-state index is 13.5. The standard InChI is InChI=1S/C13H11F2N/c14-10-6-7-11(12(15)8-10)13(16)9-4-2-1-3-5-9/h1-8,13H,16H2. The molecule has 0 aliphatic rings. The summed E-state index contributed by atoms with van der Waals surface area (Å²) in [6.07, 6.45) is 0. The van der Waals surface area contributed by atoms with Crippen molar-refractivity contribution in [3.63, 3.8) is 0 Å². The predicted molar refractivity (Wildman–Crippen MR) is 58.8 cm³/mol. The van der Waals surface area contributed by atoms with E-state index in [0.29, 0.717) is 5.56 Å². The van der Waals surface area contributed by atoms with Gasteiger partial charge in [0.25, 0.3) is 0 Å². The van der Waals surface area contributed by atoms with Gasteiger partial charge in [0.15, 0.2) is 0 Å². The topological polar surface area (TPSA) is 26.0 Å². The predicted octanol–water partition coefficient (Wildman–Crippen LogP) is 3.01. The maximum Gasteiger partial charge on any atom is 0.131 e. The Balaban J connectivity index is 2.38. The van der Waals surface area contributed by atoms with E-state index in [0.717, 1.165) is 11.6 Å². The Morgan fingerprint density at radius 3 is 2.25 bits per heavy atom. The monoisotopic (exact) mass is 219 g/mol. The zero-order chi connectivity index (χ0) is 11.5. The van der Waals surface area contributed by atoms with Crippen molar-refractivity contribution in [2.45, 2.75) is 6.04 Å². The Morgan fingerprint density at radius 2 is 1.62 bits per heavy atom. The summed E-state index contributed by atoms with van der Waals surface area (Å²) in [6, 6.07) is 12.0. The first-order chi connectivity index (χ1) is 7.68. The van der Waals surface area contributed by atoms with Crippen LogP contribution in [0.1, 0.15) is 17.2 Å². The van der Waals surface area contributed by atoms with Crippen LogP contribution < -0.4 is 5.73 Å². The van der Waals surface area contributed by atoms with Crippen LogP contribution in [0.4, 0.5) is 8.78 Å². The summed E-state index contributed by atoms with van der Waals surface area (Å²) in [5.41, 5.74) is 7.00. The van der Waals surface area contributed by atoms with Gasteiger partial charge in [0, 0.05) is 11.6 Å². The number of halogens is 2. The van der Waals surface area contributed by atoms with Crippen molar-refractivity contribution in [1.82, 2.24) is 0 Å². The summed E-state index contributed by atoms with van der Waals surface area (Å²) in [5.74, 6) is -1.21. The lowest BCUT2D eigenvalue weighted by Gasteiger charge is -2.13. The summed E-state index contributed by atoms with van der Waals surface area (Å²) in [7, 11) is 0.